The maximum atomic E-state index is 13.6. The summed E-state index contributed by atoms with van der Waals surface area (Å²) in [6.45, 7) is 1.95. The van der Waals surface area contributed by atoms with Gasteiger partial charge in [0, 0.05) is 33.1 Å². The van der Waals surface area contributed by atoms with Crippen molar-refractivity contribution in [1.82, 2.24) is 5.32 Å². The van der Waals surface area contributed by atoms with Crippen molar-refractivity contribution in [1.29, 1.82) is 0 Å². The molecule has 14 heavy (non-hydrogen) atoms. The van der Waals surface area contributed by atoms with Gasteiger partial charge in [-0.3, -0.25) is 0 Å². The number of rotatable bonds is 2. The summed E-state index contributed by atoms with van der Waals surface area (Å²) in [5.74, 6) is 0.375. The third-order valence-corrected chi connectivity index (χ3v) is 2.71. The van der Waals surface area contributed by atoms with Crippen LogP contribution < -0.4 is 10.2 Å². The molecule has 0 bridgehead atoms. The molecule has 0 atom stereocenters. The first-order chi connectivity index (χ1) is 6.68. The molecule has 0 amide bonds. The van der Waals surface area contributed by atoms with Crippen LogP contribution in [0.25, 0.3) is 0 Å². The predicted molar refractivity (Wildman–Crippen MR) is 56.3 cm³/mol. The number of nitrogens with zero attached hydrogens (tertiary/aromatic N) is 1. The minimum absolute atomic E-state index is 0.126. The summed E-state index contributed by atoms with van der Waals surface area (Å²) in [4.78, 5) is 1.79. The number of nitrogens with one attached hydrogen (secondary N) is 1. The Labute approximate surface area is 83.7 Å². The molecule has 1 aromatic rings. The highest BCUT2D eigenvalue weighted by molar-refractivity contribution is 5.48. The van der Waals surface area contributed by atoms with Crippen LogP contribution in [0.15, 0.2) is 18.2 Å². The van der Waals surface area contributed by atoms with E-state index in [4.69, 9.17) is 0 Å². The van der Waals surface area contributed by atoms with Gasteiger partial charge in [-0.05, 0) is 17.7 Å². The van der Waals surface area contributed by atoms with Crippen LogP contribution in [0.1, 0.15) is 11.5 Å². The van der Waals surface area contributed by atoms with Crippen LogP contribution >= 0.6 is 0 Å². The summed E-state index contributed by atoms with van der Waals surface area (Å²) < 4.78 is 13.6. The van der Waals surface area contributed by atoms with E-state index in [2.05, 4.69) is 5.32 Å². The normalized spacial score (nSPS) is 16.5. The standard InChI is InChI=1S/C11H15FN2/c1-14(2)11-4-3-8(5-10(11)12)9-6-13-7-9/h3-5,9,13H,6-7H2,1-2H3. The third-order valence-electron chi connectivity index (χ3n) is 2.71. The second-order valence-electron chi connectivity index (χ2n) is 3.96. The Bertz CT molecular complexity index is 332. The average molecular weight is 194 g/mol. The van der Waals surface area contributed by atoms with Crippen molar-refractivity contribution >= 4 is 5.69 Å². The van der Waals surface area contributed by atoms with Crippen LogP contribution in [0.4, 0.5) is 10.1 Å². The smallest absolute Gasteiger partial charge is 0.146 e. The van der Waals surface area contributed by atoms with Crippen molar-refractivity contribution in [3.05, 3.63) is 29.6 Å². The summed E-state index contributed by atoms with van der Waals surface area (Å²) in [5.41, 5.74) is 1.76. The van der Waals surface area contributed by atoms with Crippen LogP contribution in [0, 0.1) is 5.82 Å². The van der Waals surface area contributed by atoms with Gasteiger partial charge in [-0.1, -0.05) is 6.07 Å². The quantitative estimate of drug-likeness (QED) is 0.769. The maximum absolute atomic E-state index is 13.6. The molecule has 2 rings (SSSR count). The van der Waals surface area contributed by atoms with Gasteiger partial charge in [0.25, 0.3) is 0 Å². The fourth-order valence-electron chi connectivity index (χ4n) is 1.66. The monoisotopic (exact) mass is 194 g/mol. The van der Waals surface area contributed by atoms with E-state index >= 15 is 0 Å². The highest BCUT2D eigenvalue weighted by Crippen LogP contribution is 2.25. The SMILES string of the molecule is CN(C)c1ccc(C2CNC2)cc1F. The van der Waals surface area contributed by atoms with Gasteiger partial charge in [-0.2, -0.15) is 0 Å². The van der Waals surface area contributed by atoms with Crippen LogP contribution in [0.3, 0.4) is 0 Å². The van der Waals surface area contributed by atoms with Gasteiger partial charge in [0.2, 0.25) is 0 Å². The second-order valence-corrected chi connectivity index (χ2v) is 3.96. The number of hydrogen-bond donors (Lipinski definition) is 1. The predicted octanol–water partition coefficient (Wildman–Crippen LogP) is 1.58. The lowest BCUT2D eigenvalue weighted by molar-refractivity contribution is 0.446. The molecule has 76 valence electrons. The fourth-order valence-corrected chi connectivity index (χ4v) is 1.66. The lowest BCUT2D eigenvalue weighted by Crippen LogP contribution is -2.39. The van der Waals surface area contributed by atoms with Gasteiger partial charge in [-0.15, -0.1) is 0 Å². The molecule has 1 aromatic carbocycles. The van der Waals surface area contributed by atoms with E-state index in [1.165, 1.54) is 0 Å². The van der Waals surface area contributed by atoms with Gasteiger partial charge < -0.3 is 10.2 Å². The maximum Gasteiger partial charge on any atom is 0.146 e. The Morgan fingerprint density at radius 1 is 1.36 bits per heavy atom. The van der Waals surface area contributed by atoms with Gasteiger partial charge in [0.15, 0.2) is 0 Å². The van der Waals surface area contributed by atoms with Crippen LogP contribution in [0.5, 0.6) is 0 Å². The fraction of sp³-hybridized carbons (Fsp3) is 0.455. The molecule has 0 saturated carbocycles. The molecule has 0 radical (unpaired) electrons. The molecule has 0 aromatic heterocycles. The zero-order valence-electron chi connectivity index (χ0n) is 8.55. The van der Waals surface area contributed by atoms with Crippen molar-refractivity contribution in [2.24, 2.45) is 0 Å². The molecular weight excluding hydrogens is 179 g/mol. The molecule has 1 heterocycles. The lowest BCUT2D eigenvalue weighted by atomic mass is 9.93. The minimum atomic E-state index is -0.126. The Kier molecular flexibility index (Phi) is 2.42. The molecule has 0 aliphatic carbocycles. The Morgan fingerprint density at radius 3 is 2.50 bits per heavy atom. The van der Waals surface area contributed by atoms with E-state index in [0.717, 1.165) is 18.7 Å². The molecule has 0 unspecified atom stereocenters. The van der Waals surface area contributed by atoms with E-state index < -0.39 is 0 Å². The molecule has 3 heteroatoms. The molecule has 1 saturated heterocycles. The van der Waals surface area contributed by atoms with Crippen molar-refractivity contribution in [3.63, 3.8) is 0 Å². The summed E-state index contributed by atoms with van der Waals surface area (Å²) in [6, 6.07) is 5.52. The largest absolute Gasteiger partial charge is 0.375 e. The number of hydrogen-bond acceptors (Lipinski definition) is 2. The van der Waals surface area contributed by atoms with Crippen molar-refractivity contribution < 1.29 is 4.39 Å². The average Bonchev–Trinajstić information content (AvgIpc) is 2.00. The first kappa shape index (κ1) is 9.46. The molecule has 1 aliphatic rings. The van der Waals surface area contributed by atoms with Gasteiger partial charge in [0.05, 0.1) is 5.69 Å². The highest BCUT2D eigenvalue weighted by Gasteiger charge is 2.19. The molecule has 0 spiro atoms. The van der Waals surface area contributed by atoms with Crippen molar-refractivity contribution in [2.45, 2.75) is 5.92 Å². The second kappa shape index (κ2) is 3.58. The van der Waals surface area contributed by atoms with Crippen LogP contribution in [0.2, 0.25) is 0 Å². The molecule has 2 nitrogen and oxygen atoms in total. The first-order valence-electron chi connectivity index (χ1n) is 4.86. The topological polar surface area (TPSA) is 15.3 Å². The third kappa shape index (κ3) is 1.60. The van der Waals surface area contributed by atoms with Gasteiger partial charge >= 0.3 is 0 Å². The van der Waals surface area contributed by atoms with Crippen LogP contribution in [-0.4, -0.2) is 27.2 Å². The molecule has 1 aliphatic heterocycles. The summed E-state index contributed by atoms with van der Waals surface area (Å²) in [5, 5.41) is 3.18. The first-order valence-corrected chi connectivity index (χ1v) is 4.86. The van der Waals surface area contributed by atoms with Crippen molar-refractivity contribution in [2.75, 3.05) is 32.1 Å². The van der Waals surface area contributed by atoms with Crippen LogP contribution in [-0.2, 0) is 0 Å². The summed E-state index contributed by atoms with van der Waals surface area (Å²) in [7, 11) is 3.70. The molecule has 1 fully saturated rings. The molecule has 1 N–H and O–H groups in total. The Balaban J connectivity index is 2.25. The molecular formula is C11H15FN2. The summed E-state index contributed by atoms with van der Waals surface area (Å²) in [6.07, 6.45) is 0. The van der Waals surface area contributed by atoms with Crippen molar-refractivity contribution in [3.8, 4) is 0 Å². The Hall–Kier alpha value is -1.09. The lowest BCUT2D eigenvalue weighted by Gasteiger charge is -2.28. The van der Waals surface area contributed by atoms with Gasteiger partial charge in [0.1, 0.15) is 5.82 Å². The highest BCUT2D eigenvalue weighted by atomic mass is 19.1. The van der Waals surface area contributed by atoms with E-state index in [0.29, 0.717) is 11.6 Å². The van der Waals surface area contributed by atoms with Gasteiger partial charge in [-0.25, -0.2) is 4.39 Å². The zero-order valence-corrected chi connectivity index (χ0v) is 8.55. The van der Waals surface area contributed by atoms with E-state index in [1.54, 1.807) is 11.0 Å². The summed E-state index contributed by atoms with van der Waals surface area (Å²) >= 11 is 0. The Morgan fingerprint density at radius 2 is 2.07 bits per heavy atom. The van der Waals surface area contributed by atoms with E-state index in [-0.39, 0.29) is 5.82 Å². The number of halogens is 1. The van der Waals surface area contributed by atoms with E-state index in [1.807, 2.05) is 26.2 Å². The number of anilines is 1. The van der Waals surface area contributed by atoms with E-state index in [9.17, 15) is 4.39 Å². The zero-order chi connectivity index (χ0) is 10.1. The minimum Gasteiger partial charge on any atom is -0.375 e. The number of benzene rings is 1.